The molecular formula is C25H25N3O3. The lowest BCUT2D eigenvalue weighted by atomic mass is 9.88. The zero-order valence-corrected chi connectivity index (χ0v) is 17.2. The van der Waals surface area contributed by atoms with Crippen LogP contribution in [0.1, 0.15) is 48.0 Å². The van der Waals surface area contributed by atoms with Crippen LogP contribution in [0.3, 0.4) is 0 Å². The summed E-state index contributed by atoms with van der Waals surface area (Å²) in [5, 5.41) is 18.9. The Bertz CT molecular complexity index is 1120. The van der Waals surface area contributed by atoms with E-state index in [9.17, 15) is 14.7 Å². The standard InChI is InChI=1S/C25H25N3O3/c29-23-15-12-17-6-4-5-9-21(17)22(23)16-26-28-25(31)19-10-13-20(14-11-19)27-24(30)18-7-2-1-3-8-18/h4-6,9-16,18,29H,1-3,7-8H2,(H,27,30)(H,28,31)/b26-16+. The number of rotatable bonds is 5. The van der Waals surface area contributed by atoms with Gasteiger partial charge in [0, 0.05) is 22.7 Å². The average molecular weight is 415 g/mol. The topological polar surface area (TPSA) is 90.8 Å². The zero-order valence-electron chi connectivity index (χ0n) is 17.2. The van der Waals surface area contributed by atoms with E-state index in [1.165, 1.54) is 12.6 Å². The van der Waals surface area contributed by atoms with Crippen LogP contribution >= 0.6 is 0 Å². The number of carbonyl (C=O) groups excluding carboxylic acids is 2. The molecule has 6 heteroatoms. The molecule has 4 rings (SSSR count). The fourth-order valence-corrected chi connectivity index (χ4v) is 3.95. The molecule has 0 heterocycles. The first-order chi connectivity index (χ1) is 15.1. The molecule has 158 valence electrons. The number of hydrogen-bond acceptors (Lipinski definition) is 4. The Morgan fingerprint density at radius 1 is 0.935 bits per heavy atom. The van der Waals surface area contributed by atoms with E-state index in [4.69, 9.17) is 0 Å². The van der Waals surface area contributed by atoms with Crippen LogP contribution in [0, 0.1) is 5.92 Å². The minimum atomic E-state index is -0.374. The molecule has 1 aliphatic carbocycles. The van der Waals surface area contributed by atoms with Gasteiger partial charge in [-0.05, 0) is 53.9 Å². The van der Waals surface area contributed by atoms with Crippen LogP contribution in [-0.4, -0.2) is 23.1 Å². The first-order valence-electron chi connectivity index (χ1n) is 10.6. The van der Waals surface area contributed by atoms with Gasteiger partial charge >= 0.3 is 0 Å². The number of anilines is 1. The fourth-order valence-electron chi connectivity index (χ4n) is 3.95. The van der Waals surface area contributed by atoms with E-state index in [2.05, 4.69) is 15.8 Å². The van der Waals surface area contributed by atoms with Crippen molar-refractivity contribution in [3.8, 4) is 5.75 Å². The highest BCUT2D eigenvalue weighted by Crippen LogP contribution is 2.26. The number of fused-ring (bicyclic) bond motifs is 1. The molecule has 0 bridgehead atoms. The largest absolute Gasteiger partial charge is 0.507 e. The summed E-state index contributed by atoms with van der Waals surface area (Å²) in [7, 11) is 0. The number of phenols is 1. The van der Waals surface area contributed by atoms with E-state index < -0.39 is 0 Å². The van der Waals surface area contributed by atoms with Gasteiger partial charge in [0.15, 0.2) is 0 Å². The fraction of sp³-hybridized carbons (Fsp3) is 0.240. The van der Waals surface area contributed by atoms with Crippen molar-refractivity contribution in [2.75, 3.05) is 5.32 Å². The normalized spacial score (nSPS) is 14.6. The molecule has 3 aromatic carbocycles. The Morgan fingerprint density at radius 2 is 1.68 bits per heavy atom. The maximum atomic E-state index is 12.4. The molecule has 0 unspecified atom stereocenters. The Hall–Kier alpha value is -3.67. The molecule has 31 heavy (non-hydrogen) atoms. The molecule has 0 aliphatic heterocycles. The van der Waals surface area contributed by atoms with Crippen molar-refractivity contribution >= 4 is 34.5 Å². The number of phenolic OH excluding ortho intramolecular Hbond substituents is 1. The number of benzene rings is 3. The van der Waals surface area contributed by atoms with E-state index in [0.29, 0.717) is 16.8 Å². The molecule has 1 fully saturated rings. The number of amides is 2. The van der Waals surface area contributed by atoms with Crippen LogP contribution < -0.4 is 10.7 Å². The summed E-state index contributed by atoms with van der Waals surface area (Å²) in [5.74, 6) is -0.149. The molecule has 0 spiro atoms. The van der Waals surface area contributed by atoms with Crippen molar-refractivity contribution < 1.29 is 14.7 Å². The highest BCUT2D eigenvalue weighted by atomic mass is 16.3. The van der Waals surface area contributed by atoms with Crippen molar-refractivity contribution in [2.45, 2.75) is 32.1 Å². The third-order valence-electron chi connectivity index (χ3n) is 5.70. The second-order valence-electron chi connectivity index (χ2n) is 7.82. The van der Waals surface area contributed by atoms with Crippen molar-refractivity contribution in [2.24, 2.45) is 11.0 Å². The van der Waals surface area contributed by atoms with E-state index in [-0.39, 0.29) is 23.5 Å². The summed E-state index contributed by atoms with van der Waals surface area (Å²) in [6.45, 7) is 0. The monoisotopic (exact) mass is 415 g/mol. The molecule has 0 saturated heterocycles. The van der Waals surface area contributed by atoms with Gasteiger partial charge in [-0.15, -0.1) is 0 Å². The lowest BCUT2D eigenvalue weighted by molar-refractivity contribution is -0.120. The van der Waals surface area contributed by atoms with Crippen molar-refractivity contribution in [3.63, 3.8) is 0 Å². The van der Waals surface area contributed by atoms with Crippen LogP contribution in [0.15, 0.2) is 65.8 Å². The second kappa shape index (κ2) is 9.43. The SMILES string of the molecule is O=C(N/N=C/c1c(O)ccc2ccccc12)c1ccc(NC(=O)C2CCCCC2)cc1. The molecule has 3 aromatic rings. The van der Waals surface area contributed by atoms with Gasteiger partial charge in [-0.25, -0.2) is 5.43 Å². The van der Waals surface area contributed by atoms with Crippen LogP contribution in [0.5, 0.6) is 5.75 Å². The van der Waals surface area contributed by atoms with Gasteiger partial charge in [0.2, 0.25) is 5.91 Å². The van der Waals surface area contributed by atoms with Gasteiger partial charge in [-0.3, -0.25) is 9.59 Å². The van der Waals surface area contributed by atoms with Crippen molar-refractivity contribution in [3.05, 3.63) is 71.8 Å². The number of hydrogen-bond donors (Lipinski definition) is 3. The molecule has 2 amide bonds. The number of carbonyl (C=O) groups is 2. The maximum Gasteiger partial charge on any atom is 0.271 e. The van der Waals surface area contributed by atoms with Gasteiger partial charge in [-0.1, -0.05) is 49.6 Å². The third-order valence-corrected chi connectivity index (χ3v) is 5.70. The Labute approximate surface area is 181 Å². The summed E-state index contributed by atoms with van der Waals surface area (Å²) in [4.78, 5) is 24.7. The van der Waals surface area contributed by atoms with Crippen molar-refractivity contribution in [1.82, 2.24) is 5.43 Å². The van der Waals surface area contributed by atoms with E-state index in [1.54, 1.807) is 30.3 Å². The number of nitrogens with zero attached hydrogens (tertiary/aromatic N) is 1. The smallest absolute Gasteiger partial charge is 0.271 e. The van der Waals surface area contributed by atoms with Gasteiger partial charge in [-0.2, -0.15) is 5.10 Å². The minimum Gasteiger partial charge on any atom is -0.507 e. The predicted molar refractivity (Wildman–Crippen MR) is 122 cm³/mol. The minimum absolute atomic E-state index is 0.0522. The Kier molecular flexibility index (Phi) is 6.26. The first kappa shape index (κ1) is 20.6. The average Bonchev–Trinajstić information content (AvgIpc) is 2.81. The van der Waals surface area contributed by atoms with Gasteiger partial charge in [0.05, 0.1) is 6.21 Å². The van der Waals surface area contributed by atoms with Gasteiger partial charge in [0.1, 0.15) is 5.75 Å². The Balaban J connectivity index is 1.38. The van der Waals surface area contributed by atoms with E-state index >= 15 is 0 Å². The molecule has 1 saturated carbocycles. The van der Waals surface area contributed by atoms with Crippen molar-refractivity contribution in [1.29, 1.82) is 0 Å². The van der Waals surface area contributed by atoms with Gasteiger partial charge in [0.25, 0.3) is 5.91 Å². The van der Waals surface area contributed by atoms with Crippen LogP contribution in [0.4, 0.5) is 5.69 Å². The lowest BCUT2D eigenvalue weighted by Gasteiger charge is -2.20. The van der Waals surface area contributed by atoms with E-state index in [1.807, 2.05) is 30.3 Å². The third kappa shape index (κ3) is 4.91. The Morgan fingerprint density at radius 3 is 2.45 bits per heavy atom. The number of hydrazone groups is 1. The quantitative estimate of drug-likeness (QED) is 0.412. The summed E-state index contributed by atoms with van der Waals surface area (Å²) in [5.41, 5.74) is 4.13. The van der Waals surface area contributed by atoms with Gasteiger partial charge < -0.3 is 10.4 Å². The predicted octanol–water partition coefficient (Wildman–Crippen LogP) is 4.83. The van der Waals surface area contributed by atoms with Crippen LogP contribution in [0.25, 0.3) is 10.8 Å². The van der Waals surface area contributed by atoms with E-state index in [0.717, 1.165) is 36.5 Å². The molecular weight excluding hydrogens is 390 g/mol. The zero-order chi connectivity index (χ0) is 21.6. The summed E-state index contributed by atoms with van der Waals surface area (Å²) in [6.07, 6.45) is 6.74. The second-order valence-corrected chi connectivity index (χ2v) is 7.82. The highest BCUT2D eigenvalue weighted by Gasteiger charge is 2.21. The van der Waals surface area contributed by atoms with Crippen LogP contribution in [0.2, 0.25) is 0 Å². The number of nitrogens with one attached hydrogen (secondary N) is 2. The molecule has 6 nitrogen and oxygen atoms in total. The molecule has 3 N–H and O–H groups in total. The number of aromatic hydroxyl groups is 1. The van der Waals surface area contributed by atoms with Crippen LogP contribution in [-0.2, 0) is 4.79 Å². The summed E-state index contributed by atoms with van der Waals surface area (Å²) < 4.78 is 0. The molecule has 0 aromatic heterocycles. The lowest BCUT2D eigenvalue weighted by Crippen LogP contribution is -2.24. The molecule has 0 atom stereocenters. The summed E-state index contributed by atoms with van der Waals surface area (Å²) >= 11 is 0. The highest BCUT2D eigenvalue weighted by molar-refractivity contribution is 6.03. The summed E-state index contributed by atoms with van der Waals surface area (Å²) in [6, 6.07) is 17.8. The molecule has 0 radical (unpaired) electrons. The maximum absolute atomic E-state index is 12.4. The first-order valence-corrected chi connectivity index (χ1v) is 10.6. The molecule has 1 aliphatic rings.